The van der Waals surface area contributed by atoms with Crippen LogP contribution in [-0.4, -0.2) is 16.5 Å². The molecule has 0 aliphatic carbocycles. The highest BCUT2D eigenvalue weighted by Gasteiger charge is 2.08. The molecular weight excluding hydrogens is 269 g/mol. The Balaban J connectivity index is 2.35. The minimum Gasteiger partial charge on any atom is -0.354 e. The molecule has 3 nitrogen and oxygen atoms in total. The summed E-state index contributed by atoms with van der Waals surface area (Å²) in [7, 11) is 0. The van der Waals surface area contributed by atoms with E-state index in [4.69, 9.17) is 23.2 Å². The molecule has 0 saturated heterocycles. The molecule has 0 radical (unpaired) electrons. The van der Waals surface area contributed by atoms with E-state index in [1.54, 1.807) is 12.3 Å². The van der Waals surface area contributed by atoms with Gasteiger partial charge in [-0.15, -0.1) is 0 Å². The van der Waals surface area contributed by atoms with Gasteiger partial charge in [-0.25, -0.2) is 9.97 Å². The number of hydrogen-bond acceptors (Lipinski definition) is 3. The SMILES string of the molecule is CCCNc1nccc(-c2cccc(Cl)c2Cl)n1. The predicted molar refractivity (Wildman–Crippen MR) is 76.3 cm³/mol. The lowest BCUT2D eigenvalue weighted by Crippen LogP contribution is -2.04. The highest BCUT2D eigenvalue weighted by Crippen LogP contribution is 2.32. The van der Waals surface area contributed by atoms with Crippen LogP contribution >= 0.6 is 23.2 Å². The number of nitrogens with one attached hydrogen (secondary N) is 1. The zero-order valence-corrected chi connectivity index (χ0v) is 11.5. The van der Waals surface area contributed by atoms with Gasteiger partial charge < -0.3 is 5.32 Å². The standard InChI is InChI=1S/C13H13Cl2N3/c1-2-7-16-13-17-8-6-11(18-13)9-4-3-5-10(14)12(9)15/h3-6,8H,2,7H2,1H3,(H,16,17,18). The zero-order valence-electron chi connectivity index (χ0n) is 9.95. The van der Waals surface area contributed by atoms with Gasteiger partial charge in [0.1, 0.15) is 0 Å². The van der Waals surface area contributed by atoms with Crippen molar-refractivity contribution in [3.63, 3.8) is 0 Å². The van der Waals surface area contributed by atoms with E-state index in [2.05, 4.69) is 22.2 Å². The van der Waals surface area contributed by atoms with Gasteiger partial charge in [-0.3, -0.25) is 0 Å². The molecule has 0 atom stereocenters. The van der Waals surface area contributed by atoms with Gasteiger partial charge in [0.25, 0.3) is 0 Å². The Morgan fingerprint density at radius 1 is 1.22 bits per heavy atom. The highest BCUT2D eigenvalue weighted by molar-refractivity contribution is 6.43. The average molecular weight is 282 g/mol. The van der Waals surface area contributed by atoms with Crippen LogP contribution in [0.1, 0.15) is 13.3 Å². The highest BCUT2D eigenvalue weighted by atomic mass is 35.5. The van der Waals surface area contributed by atoms with Crippen molar-refractivity contribution in [2.45, 2.75) is 13.3 Å². The third-order valence-electron chi connectivity index (χ3n) is 2.42. The first-order chi connectivity index (χ1) is 8.72. The molecule has 0 aliphatic heterocycles. The van der Waals surface area contributed by atoms with Crippen molar-refractivity contribution in [2.24, 2.45) is 0 Å². The van der Waals surface area contributed by atoms with E-state index in [1.165, 1.54) is 0 Å². The Hall–Kier alpha value is -1.32. The maximum absolute atomic E-state index is 6.17. The van der Waals surface area contributed by atoms with Crippen LogP contribution in [0.5, 0.6) is 0 Å². The minimum absolute atomic E-state index is 0.513. The number of nitrogens with zero attached hydrogens (tertiary/aromatic N) is 2. The van der Waals surface area contributed by atoms with Crippen LogP contribution < -0.4 is 5.32 Å². The summed E-state index contributed by atoms with van der Waals surface area (Å²) >= 11 is 12.2. The summed E-state index contributed by atoms with van der Waals surface area (Å²) in [6.07, 6.45) is 2.73. The van der Waals surface area contributed by atoms with Crippen molar-refractivity contribution >= 4 is 29.2 Å². The Bertz CT molecular complexity index is 544. The fourth-order valence-electron chi connectivity index (χ4n) is 1.53. The number of anilines is 1. The van der Waals surface area contributed by atoms with Gasteiger partial charge in [-0.2, -0.15) is 0 Å². The van der Waals surface area contributed by atoms with Crippen molar-refractivity contribution in [3.8, 4) is 11.3 Å². The van der Waals surface area contributed by atoms with Gasteiger partial charge in [-0.05, 0) is 18.6 Å². The van der Waals surface area contributed by atoms with Crippen molar-refractivity contribution in [2.75, 3.05) is 11.9 Å². The van der Waals surface area contributed by atoms with Crippen LogP contribution in [0.4, 0.5) is 5.95 Å². The topological polar surface area (TPSA) is 37.8 Å². The molecule has 0 aliphatic rings. The van der Waals surface area contributed by atoms with Gasteiger partial charge in [0.05, 0.1) is 15.7 Å². The number of hydrogen-bond donors (Lipinski definition) is 1. The van der Waals surface area contributed by atoms with E-state index in [0.717, 1.165) is 24.2 Å². The molecule has 0 bridgehead atoms. The van der Waals surface area contributed by atoms with Gasteiger partial charge in [0.15, 0.2) is 0 Å². The smallest absolute Gasteiger partial charge is 0.223 e. The summed E-state index contributed by atoms with van der Waals surface area (Å²) in [5.41, 5.74) is 1.57. The molecule has 94 valence electrons. The van der Waals surface area contributed by atoms with Crippen LogP contribution in [0.2, 0.25) is 10.0 Å². The van der Waals surface area contributed by atoms with E-state index in [1.807, 2.05) is 18.2 Å². The number of rotatable bonds is 4. The molecule has 5 heteroatoms. The van der Waals surface area contributed by atoms with Gasteiger partial charge in [-0.1, -0.05) is 42.3 Å². The van der Waals surface area contributed by atoms with Gasteiger partial charge in [0.2, 0.25) is 5.95 Å². The first-order valence-electron chi connectivity index (χ1n) is 5.73. The molecular formula is C13H13Cl2N3. The summed E-state index contributed by atoms with van der Waals surface area (Å²) in [6.45, 7) is 2.93. The third kappa shape index (κ3) is 2.92. The average Bonchev–Trinajstić information content (AvgIpc) is 2.40. The van der Waals surface area contributed by atoms with Crippen LogP contribution in [0.25, 0.3) is 11.3 Å². The fraction of sp³-hybridized carbons (Fsp3) is 0.231. The molecule has 0 fully saturated rings. The van der Waals surface area contributed by atoms with Crippen LogP contribution in [-0.2, 0) is 0 Å². The Labute approximate surface area is 116 Å². The minimum atomic E-state index is 0.513. The molecule has 1 aromatic carbocycles. The van der Waals surface area contributed by atoms with Gasteiger partial charge in [0, 0.05) is 18.3 Å². The lowest BCUT2D eigenvalue weighted by molar-refractivity contribution is 0.953. The van der Waals surface area contributed by atoms with E-state index < -0.39 is 0 Å². The molecule has 1 aromatic heterocycles. The fourth-order valence-corrected chi connectivity index (χ4v) is 1.93. The van der Waals surface area contributed by atoms with Crippen molar-refractivity contribution < 1.29 is 0 Å². The molecule has 0 amide bonds. The molecule has 1 heterocycles. The van der Waals surface area contributed by atoms with Crippen molar-refractivity contribution in [1.29, 1.82) is 0 Å². The second-order valence-corrected chi connectivity index (χ2v) is 4.58. The maximum Gasteiger partial charge on any atom is 0.223 e. The number of halogens is 2. The van der Waals surface area contributed by atoms with E-state index in [0.29, 0.717) is 16.0 Å². The Kier molecular flexibility index (Phi) is 4.39. The third-order valence-corrected chi connectivity index (χ3v) is 3.24. The van der Waals surface area contributed by atoms with Crippen LogP contribution in [0.15, 0.2) is 30.5 Å². The molecule has 0 unspecified atom stereocenters. The normalized spacial score (nSPS) is 10.4. The molecule has 0 spiro atoms. The second kappa shape index (κ2) is 6.03. The molecule has 0 saturated carbocycles. The Morgan fingerprint density at radius 2 is 2.06 bits per heavy atom. The predicted octanol–water partition coefficient (Wildman–Crippen LogP) is 4.27. The summed E-state index contributed by atoms with van der Waals surface area (Å²) < 4.78 is 0. The van der Waals surface area contributed by atoms with Crippen molar-refractivity contribution in [3.05, 3.63) is 40.5 Å². The Morgan fingerprint density at radius 3 is 2.83 bits per heavy atom. The van der Waals surface area contributed by atoms with Crippen LogP contribution in [0.3, 0.4) is 0 Å². The van der Waals surface area contributed by atoms with E-state index >= 15 is 0 Å². The summed E-state index contributed by atoms with van der Waals surface area (Å²) in [5, 5.41) is 4.18. The molecule has 1 N–H and O–H groups in total. The lowest BCUT2D eigenvalue weighted by atomic mass is 10.1. The van der Waals surface area contributed by atoms with E-state index in [-0.39, 0.29) is 0 Å². The lowest BCUT2D eigenvalue weighted by Gasteiger charge is -2.07. The molecule has 2 aromatic rings. The zero-order chi connectivity index (χ0) is 13.0. The molecule has 2 rings (SSSR count). The van der Waals surface area contributed by atoms with Crippen molar-refractivity contribution in [1.82, 2.24) is 9.97 Å². The largest absolute Gasteiger partial charge is 0.354 e. The molecule has 18 heavy (non-hydrogen) atoms. The van der Waals surface area contributed by atoms with E-state index in [9.17, 15) is 0 Å². The second-order valence-electron chi connectivity index (χ2n) is 3.79. The quantitative estimate of drug-likeness (QED) is 0.909. The first-order valence-corrected chi connectivity index (χ1v) is 6.49. The number of benzene rings is 1. The monoisotopic (exact) mass is 281 g/mol. The first kappa shape index (κ1) is 13.1. The van der Waals surface area contributed by atoms with Crippen LogP contribution in [0, 0.1) is 0 Å². The number of aromatic nitrogens is 2. The maximum atomic E-state index is 6.17. The summed E-state index contributed by atoms with van der Waals surface area (Å²) in [5.74, 6) is 0.602. The van der Waals surface area contributed by atoms with Gasteiger partial charge >= 0.3 is 0 Å². The summed E-state index contributed by atoms with van der Waals surface area (Å²) in [6, 6.07) is 7.31. The summed E-state index contributed by atoms with van der Waals surface area (Å²) in [4.78, 5) is 8.57.